The van der Waals surface area contributed by atoms with Crippen LogP contribution in [-0.2, 0) is 9.59 Å². The third-order valence-electron chi connectivity index (χ3n) is 3.18. The highest BCUT2D eigenvalue weighted by Gasteiger charge is 2.39. The molecule has 0 fully saturated rings. The summed E-state index contributed by atoms with van der Waals surface area (Å²) in [4.78, 5) is 21.6. The first-order valence-corrected chi connectivity index (χ1v) is 8.20. The second-order valence-corrected chi connectivity index (χ2v) is 7.63. The van der Waals surface area contributed by atoms with Crippen molar-refractivity contribution in [3.8, 4) is 0 Å². The van der Waals surface area contributed by atoms with E-state index in [1.54, 1.807) is 0 Å². The van der Waals surface area contributed by atoms with Crippen LogP contribution in [-0.4, -0.2) is 30.9 Å². The van der Waals surface area contributed by atoms with Gasteiger partial charge in [0.05, 0.1) is 13.8 Å². The molecular formula is C10H20O4Si. The minimum Gasteiger partial charge on any atom is -0.481 e. The Morgan fingerprint density at radius 3 is 2.07 bits per heavy atom. The highest BCUT2D eigenvalue weighted by atomic mass is 28.3. The Labute approximate surface area is 91.9 Å². The van der Waals surface area contributed by atoms with Crippen molar-refractivity contribution in [2.75, 3.05) is 0 Å². The number of hydrogen-bond donors (Lipinski definition) is 2. The lowest BCUT2D eigenvalue weighted by Gasteiger charge is -2.31. The number of hydrogen-bond acceptors (Lipinski definition) is 2. The summed E-state index contributed by atoms with van der Waals surface area (Å²) < 4.78 is 0. The van der Waals surface area contributed by atoms with Gasteiger partial charge >= 0.3 is 11.9 Å². The number of rotatable bonds is 7. The Morgan fingerprint density at radius 1 is 1.27 bits per heavy atom. The smallest absolute Gasteiger partial charge is 0.306 e. The van der Waals surface area contributed by atoms with E-state index in [1.807, 2.05) is 20.0 Å². The number of aliphatic carboxylic acids is 2. The van der Waals surface area contributed by atoms with E-state index in [9.17, 15) is 14.7 Å². The fourth-order valence-electron chi connectivity index (χ4n) is 1.93. The maximum absolute atomic E-state index is 11.3. The van der Waals surface area contributed by atoms with Crippen LogP contribution in [0.5, 0.6) is 0 Å². The molecule has 0 aromatic heterocycles. The molecule has 0 aliphatic rings. The largest absolute Gasteiger partial charge is 0.481 e. The van der Waals surface area contributed by atoms with Crippen molar-refractivity contribution in [2.45, 2.75) is 50.7 Å². The topological polar surface area (TPSA) is 74.6 Å². The van der Waals surface area contributed by atoms with Crippen molar-refractivity contribution in [3.05, 3.63) is 0 Å². The fourth-order valence-corrected chi connectivity index (χ4v) is 4.03. The Morgan fingerprint density at radius 2 is 1.80 bits per heavy atom. The maximum Gasteiger partial charge on any atom is 0.306 e. The van der Waals surface area contributed by atoms with Gasteiger partial charge in [-0.25, -0.2) is 0 Å². The molecular weight excluding hydrogens is 212 g/mol. The summed E-state index contributed by atoms with van der Waals surface area (Å²) in [5.41, 5.74) is 0. The first-order chi connectivity index (χ1) is 6.86. The van der Waals surface area contributed by atoms with Gasteiger partial charge in [0, 0.05) is 6.42 Å². The van der Waals surface area contributed by atoms with E-state index in [0.717, 1.165) is 0 Å². The second-order valence-electron chi connectivity index (χ2n) is 4.22. The van der Waals surface area contributed by atoms with Crippen LogP contribution < -0.4 is 0 Å². The highest BCUT2D eigenvalue weighted by molar-refractivity contribution is 6.63. The van der Waals surface area contributed by atoms with Crippen LogP contribution >= 0.6 is 0 Å². The lowest BCUT2D eigenvalue weighted by molar-refractivity contribution is -0.142. The van der Waals surface area contributed by atoms with Crippen molar-refractivity contribution in [1.29, 1.82) is 0 Å². The van der Waals surface area contributed by atoms with Crippen LogP contribution in [0.4, 0.5) is 0 Å². The molecule has 1 unspecified atom stereocenters. The van der Waals surface area contributed by atoms with Gasteiger partial charge in [-0.3, -0.25) is 9.59 Å². The number of carbonyl (C=O) groups is 2. The minimum absolute atomic E-state index is 0.0656. The van der Waals surface area contributed by atoms with Crippen LogP contribution in [0.25, 0.3) is 0 Å². The first-order valence-electron chi connectivity index (χ1n) is 5.32. The van der Waals surface area contributed by atoms with Crippen LogP contribution in [0, 0.1) is 0 Å². The molecule has 4 nitrogen and oxygen atoms in total. The monoisotopic (exact) mass is 232 g/mol. The molecule has 0 aromatic carbocycles. The van der Waals surface area contributed by atoms with Crippen molar-refractivity contribution in [3.63, 3.8) is 0 Å². The minimum atomic E-state index is -1.33. The molecule has 0 saturated heterocycles. The Bertz CT molecular complexity index is 240. The summed E-state index contributed by atoms with van der Waals surface area (Å²) in [6.07, 6.45) is 1.62. The van der Waals surface area contributed by atoms with Gasteiger partial charge in [0.2, 0.25) is 0 Å². The Hall–Kier alpha value is -0.843. The zero-order valence-electron chi connectivity index (χ0n) is 9.62. The maximum atomic E-state index is 11.3. The fraction of sp³-hybridized carbons (Fsp3) is 0.800. The van der Waals surface area contributed by atoms with E-state index in [2.05, 4.69) is 0 Å². The SMILES string of the molecule is CCC(CCCC(=O)O)(C(=O)O)[SiH](C)C. The van der Waals surface area contributed by atoms with Crippen molar-refractivity contribution in [2.24, 2.45) is 0 Å². The van der Waals surface area contributed by atoms with Gasteiger partial charge in [-0.05, 0) is 19.3 Å². The molecule has 0 rings (SSSR count). The average molecular weight is 232 g/mol. The molecule has 5 heteroatoms. The molecule has 2 N–H and O–H groups in total. The van der Waals surface area contributed by atoms with E-state index >= 15 is 0 Å². The van der Waals surface area contributed by atoms with E-state index in [0.29, 0.717) is 19.3 Å². The zero-order valence-corrected chi connectivity index (χ0v) is 10.8. The van der Waals surface area contributed by atoms with Gasteiger partial charge in [-0.15, -0.1) is 0 Å². The Kier molecular flexibility index (Phi) is 5.57. The van der Waals surface area contributed by atoms with Crippen molar-refractivity contribution in [1.82, 2.24) is 0 Å². The average Bonchev–Trinajstić information content (AvgIpc) is 2.10. The molecule has 88 valence electrons. The molecule has 0 spiro atoms. The molecule has 0 aliphatic heterocycles. The van der Waals surface area contributed by atoms with Gasteiger partial charge in [0.25, 0.3) is 0 Å². The molecule has 0 heterocycles. The van der Waals surface area contributed by atoms with E-state index in [-0.39, 0.29) is 6.42 Å². The van der Waals surface area contributed by atoms with Gasteiger partial charge in [-0.1, -0.05) is 20.0 Å². The van der Waals surface area contributed by atoms with Gasteiger partial charge in [-0.2, -0.15) is 0 Å². The predicted octanol–water partition coefficient (Wildman–Crippen LogP) is 1.96. The molecule has 0 amide bonds. The summed E-state index contributed by atoms with van der Waals surface area (Å²) in [6, 6.07) is 0. The first kappa shape index (κ1) is 14.2. The van der Waals surface area contributed by atoms with Crippen LogP contribution in [0.2, 0.25) is 18.1 Å². The summed E-state index contributed by atoms with van der Waals surface area (Å²) in [7, 11) is -1.33. The molecule has 0 bridgehead atoms. The summed E-state index contributed by atoms with van der Waals surface area (Å²) in [5.74, 6) is -1.60. The van der Waals surface area contributed by atoms with Crippen LogP contribution in [0.15, 0.2) is 0 Å². The normalized spacial score (nSPS) is 14.9. The molecule has 0 aromatic rings. The molecule has 1 atom stereocenters. The third-order valence-corrected chi connectivity index (χ3v) is 6.33. The lowest BCUT2D eigenvalue weighted by atomic mass is 9.98. The predicted molar refractivity (Wildman–Crippen MR) is 61.0 cm³/mol. The van der Waals surface area contributed by atoms with Crippen LogP contribution in [0.3, 0.4) is 0 Å². The Balaban J connectivity index is 4.50. The molecule has 0 saturated carbocycles. The van der Waals surface area contributed by atoms with E-state index in [4.69, 9.17) is 5.11 Å². The number of carboxylic acids is 2. The molecule has 0 radical (unpaired) electrons. The van der Waals surface area contributed by atoms with Gasteiger partial charge in [0.15, 0.2) is 0 Å². The van der Waals surface area contributed by atoms with E-state index < -0.39 is 25.8 Å². The summed E-state index contributed by atoms with van der Waals surface area (Å²) in [6.45, 7) is 5.90. The standard InChI is InChI=1S/C10H20O4Si/c1-4-10(9(13)14,15(2)3)7-5-6-8(11)12/h15H,4-7H2,1-3H3,(H,11,12)(H,13,14). The number of carboxylic acid groups (broad SMARTS) is 2. The molecule has 0 aliphatic carbocycles. The second kappa shape index (κ2) is 5.90. The van der Waals surface area contributed by atoms with Gasteiger partial charge < -0.3 is 10.2 Å². The zero-order chi connectivity index (χ0) is 12.1. The third kappa shape index (κ3) is 3.66. The van der Waals surface area contributed by atoms with Crippen molar-refractivity contribution >= 4 is 20.7 Å². The highest BCUT2D eigenvalue weighted by Crippen LogP contribution is 2.40. The molecule has 15 heavy (non-hydrogen) atoms. The van der Waals surface area contributed by atoms with Crippen molar-refractivity contribution < 1.29 is 19.8 Å². The van der Waals surface area contributed by atoms with Gasteiger partial charge in [0.1, 0.15) is 0 Å². The lowest BCUT2D eigenvalue weighted by Crippen LogP contribution is -2.35. The van der Waals surface area contributed by atoms with E-state index in [1.165, 1.54) is 0 Å². The summed E-state index contributed by atoms with van der Waals surface area (Å²) in [5, 5.41) is 17.1. The quantitative estimate of drug-likeness (QED) is 0.658. The van der Waals surface area contributed by atoms with Crippen LogP contribution in [0.1, 0.15) is 32.6 Å². The summed E-state index contributed by atoms with van der Waals surface area (Å²) >= 11 is 0.